The van der Waals surface area contributed by atoms with Crippen molar-refractivity contribution in [1.82, 2.24) is 15.0 Å². The van der Waals surface area contributed by atoms with Crippen molar-refractivity contribution in [2.75, 3.05) is 26.3 Å². The third-order valence-corrected chi connectivity index (χ3v) is 4.16. The third-order valence-electron chi connectivity index (χ3n) is 4.16. The summed E-state index contributed by atoms with van der Waals surface area (Å²) in [6.07, 6.45) is 6.09. The van der Waals surface area contributed by atoms with Gasteiger partial charge in [-0.1, -0.05) is 12.1 Å². The van der Waals surface area contributed by atoms with Crippen LogP contribution in [-0.2, 0) is 22.4 Å². The molecule has 0 aliphatic carbocycles. The van der Waals surface area contributed by atoms with Crippen LogP contribution >= 0.6 is 0 Å². The van der Waals surface area contributed by atoms with Crippen molar-refractivity contribution in [2.24, 2.45) is 0 Å². The van der Waals surface area contributed by atoms with Gasteiger partial charge in [0.05, 0.1) is 18.8 Å². The Balaban J connectivity index is 1.58. The minimum atomic E-state index is 0.333. The van der Waals surface area contributed by atoms with E-state index in [0.717, 1.165) is 51.4 Å². The first-order valence-corrected chi connectivity index (χ1v) is 8.10. The monoisotopic (exact) mass is 295 g/mol. The second-order valence-corrected chi connectivity index (χ2v) is 5.92. The van der Waals surface area contributed by atoms with Crippen LogP contribution in [0.25, 0.3) is 0 Å². The lowest BCUT2D eigenvalue weighted by molar-refractivity contribution is 0.0309. The normalized spacial score (nSPS) is 26.0. The summed E-state index contributed by atoms with van der Waals surface area (Å²) in [5.74, 6) is 1.47. The van der Waals surface area contributed by atoms with E-state index in [1.165, 1.54) is 12.8 Å². The lowest BCUT2D eigenvalue weighted by Crippen LogP contribution is -2.37. The van der Waals surface area contributed by atoms with Crippen LogP contribution in [0.5, 0.6) is 0 Å². The van der Waals surface area contributed by atoms with Crippen molar-refractivity contribution in [3.05, 3.63) is 11.7 Å². The van der Waals surface area contributed by atoms with Gasteiger partial charge in [-0.15, -0.1) is 0 Å². The summed E-state index contributed by atoms with van der Waals surface area (Å²) < 4.78 is 16.9. The van der Waals surface area contributed by atoms with Crippen molar-refractivity contribution in [2.45, 2.75) is 57.8 Å². The first-order valence-electron chi connectivity index (χ1n) is 8.10. The number of hydrogen-bond acceptors (Lipinski definition) is 6. The summed E-state index contributed by atoms with van der Waals surface area (Å²) in [7, 11) is 0. The number of rotatable bonds is 7. The predicted octanol–water partition coefficient (Wildman–Crippen LogP) is 1.79. The minimum absolute atomic E-state index is 0.333. The van der Waals surface area contributed by atoms with Gasteiger partial charge in [-0.2, -0.15) is 4.98 Å². The van der Waals surface area contributed by atoms with E-state index in [0.29, 0.717) is 24.6 Å². The molecule has 2 atom stereocenters. The van der Waals surface area contributed by atoms with Crippen LogP contribution < -0.4 is 0 Å². The van der Waals surface area contributed by atoms with Crippen molar-refractivity contribution in [1.29, 1.82) is 0 Å². The first-order chi connectivity index (χ1) is 10.3. The lowest BCUT2D eigenvalue weighted by Gasteiger charge is -2.26. The highest BCUT2D eigenvalue weighted by Crippen LogP contribution is 2.18. The molecular weight excluding hydrogens is 270 g/mol. The number of nitrogens with zero attached hydrogens (tertiary/aromatic N) is 3. The van der Waals surface area contributed by atoms with E-state index < -0.39 is 0 Å². The van der Waals surface area contributed by atoms with Gasteiger partial charge >= 0.3 is 0 Å². The largest absolute Gasteiger partial charge is 0.377 e. The Morgan fingerprint density at radius 3 is 2.24 bits per heavy atom. The molecule has 0 unspecified atom stereocenters. The zero-order valence-corrected chi connectivity index (χ0v) is 12.8. The van der Waals surface area contributed by atoms with Gasteiger partial charge < -0.3 is 14.0 Å². The van der Waals surface area contributed by atoms with E-state index in [2.05, 4.69) is 15.0 Å². The third kappa shape index (κ3) is 4.25. The van der Waals surface area contributed by atoms with Crippen LogP contribution in [0.4, 0.5) is 0 Å². The predicted molar refractivity (Wildman–Crippen MR) is 76.9 cm³/mol. The fraction of sp³-hybridized carbons (Fsp3) is 0.867. The van der Waals surface area contributed by atoms with Crippen LogP contribution in [0.3, 0.4) is 0 Å². The second-order valence-electron chi connectivity index (χ2n) is 5.92. The molecule has 0 aromatic carbocycles. The molecule has 3 heterocycles. The summed E-state index contributed by atoms with van der Waals surface area (Å²) in [5, 5.41) is 3.98. The second kappa shape index (κ2) is 7.33. The Bertz CT molecular complexity index is 408. The maximum absolute atomic E-state index is 5.76. The van der Waals surface area contributed by atoms with Gasteiger partial charge in [0.15, 0.2) is 5.82 Å². The Hall–Kier alpha value is -0.980. The summed E-state index contributed by atoms with van der Waals surface area (Å²) >= 11 is 0. The molecule has 0 bridgehead atoms. The average Bonchev–Trinajstić information content (AvgIpc) is 3.20. The molecule has 0 saturated carbocycles. The molecule has 3 rings (SSSR count). The van der Waals surface area contributed by atoms with E-state index in [9.17, 15) is 0 Å². The highest BCUT2D eigenvalue weighted by Gasteiger charge is 2.25. The highest BCUT2D eigenvalue weighted by atomic mass is 16.5. The Morgan fingerprint density at radius 2 is 1.76 bits per heavy atom. The van der Waals surface area contributed by atoms with Gasteiger partial charge in [0, 0.05) is 32.7 Å². The van der Waals surface area contributed by atoms with Crippen LogP contribution in [-0.4, -0.2) is 53.6 Å². The van der Waals surface area contributed by atoms with Gasteiger partial charge in [-0.25, -0.2) is 0 Å². The van der Waals surface area contributed by atoms with Gasteiger partial charge in [-0.3, -0.25) is 4.90 Å². The Morgan fingerprint density at radius 1 is 1.10 bits per heavy atom. The van der Waals surface area contributed by atoms with E-state index in [4.69, 9.17) is 14.0 Å². The van der Waals surface area contributed by atoms with Gasteiger partial charge in [0.25, 0.3) is 0 Å². The van der Waals surface area contributed by atoms with Crippen molar-refractivity contribution >= 4 is 0 Å². The van der Waals surface area contributed by atoms with Crippen molar-refractivity contribution in [3.63, 3.8) is 0 Å². The Kier molecular flexibility index (Phi) is 5.22. The molecule has 0 radical (unpaired) electrons. The average molecular weight is 295 g/mol. The number of ether oxygens (including phenoxy) is 2. The van der Waals surface area contributed by atoms with E-state index in [1.807, 2.05) is 6.92 Å². The number of aryl methyl sites for hydroxylation is 1. The molecule has 2 fully saturated rings. The van der Waals surface area contributed by atoms with E-state index >= 15 is 0 Å². The van der Waals surface area contributed by atoms with Gasteiger partial charge in [0.2, 0.25) is 5.89 Å². The standard InChI is InChI=1S/C15H25N3O3/c1-2-14-16-15(21-17-14)11-18(9-12-5-3-7-19-12)10-13-6-4-8-20-13/h12-13H,2-11H2,1H3/t12-,13-/m1/s1. The molecule has 0 N–H and O–H groups in total. The highest BCUT2D eigenvalue weighted by molar-refractivity contribution is 4.87. The molecule has 2 saturated heterocycles. The maximum atomic E-state index is 5.76. The summed E-state index contributed by atoms with van der Waals surface area (Å²) in [6, 6.07) is 0. The fourth-order valence-electron chi connectivity index (χ4n) is 3.05. The SMILES string of the molecule is CCc1noc(CN(C[C@H]2CCCO2)C[C@H]2CCCO2)n1. The van der Waals surface area contributed by atoms with Crippen LogP contribution in [0, 0.1) is 0 Å². The zero-order valence-electron chi connectivity index (χ0n) is 12.8. The first kappa shape index (κ1) is 14.9. The zero-order chi connectivity index (χ0) is 14.5. The number of hydrogen-bond donors (Lipinski definition) is 0. The molecule has 2 aliphatic heterocycles. The van der Waals surface area contributed by atoms with Crippen LogP contribution in [0.15, 0.2) is 4.52 Å². The number of aromatic nitrogens is 2. The molecule has 1 aromatic rings. The molecule has 118 valence electrons. The van der Waals surface area contributed by atoms with Crippen molar-refractivity contribution < 1.29 is 14.0 Å². The lowest BCUT2D eigenvalue weighted by atomic mass is 10.2. The van der Waals surface area contributed by atoms with Gasteiger partial charge in [0.1, 0.15) is 0 Å². The summed E-state index contributed by atoms with van der Waals surface area (Å²) in [5.41, 5.74) is 0. The van der Waals surface area contributed by atoms with E-state index in [-0.39, 0.29) is 0 Å². The molecule has 21 heavy (non-hydrogen) atoms. The molecule has 6 heteroatoms. The molecule has 1 aromatic heterocycles. The molecule has 0 spiro atoms. The van der Waals surface area contributed by atoms with Crippen LogP contribution in [0.1, 0.15) is 44.3 Å². The Labute approximate surface area is 125 Å². The summed E-state index contributed by atoms with van der Waals surface area (Å²) in [6.45, 7) is 6.34. The minimum Gasteiger partial charge on any atom is -0.377 e. The topological polar surface area (TPSA) is 60.6 Å². The van der Waals surface area contributed by atoms with Gasteiger partial charge in [-0.05, 0) is 25.7 Å². The van der Waals surface area contributed by atoms with Crippen molar-refractivity contribution in [3.8, 4) is 0 Å². The fourth-order valence-corrected chi connectivity index (χ4v) is 3.05. The van der Waals surface area contributed by atoms with E-state index in [1.54, 1.807) is 0 Å². The maximum Gasteiger partial charge on any atom is 0.240 e. The smallest absolute Gasteiger partial charge is 0.240 e. The molecular formula is C15H25N3O3. The molecule has 6 nitrogen and oxygen atoms in total. The molecule has 0 amide bonds. The molecule has 2 aliphatic rings. The van der Waals surface area contributed by atoms with Crippen LogP contribution in [0.2, 0.25) is 0 Å². The quantitative estimate of drug-likeness (QED) is 0.764. The summed E-state index contributed by atoms with van der Waals surface area (Å²) in [4.78, 5) is 6.76.